The van der Waals surface area contributed by atoms with Crippen molar-refractivity contribution in [3.8, 4) is 60.9 Å². The first kappa shape index (κ1) is 33.1. The van der Waals surface area contributed by atoms with E-state index in [-0.39, 0.29) is 10.8 Å². The third kappa shape index (κ3) is 6.01. The molecule has 0 bridgehead atoms. The first-order valence-corrected chi connectivity index (χ1v) is 20.0. The van der Waals surface area contributed by atoms with Gasteiger partial charge in [-0.25, -0.2) is 0 Å². The fraction of sp³-hybridized carbons (Fsp3) is 0.316. The van der Waals surface area contributed by atoms with Crippen LogP contribution in [0.15, 0.2) is 36.4 Å². The monoisotopic (exact) mass is 712 g/mol. The van der Waals surface area contributed by atoms with Gasteiger partial charge in [-0.3, -0.25) is 0 Å². The van der Waals surface area contributed by atoms with Gasteiger partial charge in [0.15, 0.2) is 0 Å². The van der Waals surface area contributed by atoms with Crippen LogP contribution >= 0.6 is 68.0 Å². The van der Waals surface area contributed by atoms with E-state index in [9.17, 15) is 10.5 Å². The van der Waals surface area contributed by atoms with Gasteiger partial charge in [0.25, 0.3) is 0 Å². The van der Waals surface area contributed by atoms with Gasteiger partial charge in [-0.1, -0.05) is 41.5 Å². The van der Waals surface area contributed by atoms with E-state index in [1.165, 1.54) is 61.3 Å². The highest BCUT2D eigenvalue weighted by Crippen LogP contribution is 2.51. The summed E-state index contributed by atoms with van der Waals surface area (Å²) < 4.78 is 0. The van der Waals surface area contributed by atoms with Gasteiger partial charge in [0.05, 0.1) is 20.9 Å². The van der Waals surface area contributed by atoms with Crippen LogP contribution in [0.5, 0.6) is 0 Å². The topological polar surface area (TPSA) is 47.6 Å². The van der Waals surface area contributed by atoms with Gasteiger partial charge in [0.1, 0.15) is 12.1 Å². The number of nitriles is 2. The lowest BCUT2D eigenvalue weighted by atomic mass is 9.94. The highest BCUT2D eigenvalue weighted by Gasteiger charge is 2.25. The van der Waals surface area contributed by atoms with E-state index >= 15 is 0 Å². The van der Waals surface area contributed by atoms with Gasteiger partial charge in [-0.2, -0.15) is 10.5 Å². The highest BCUT2D eigenvalue weighted by atomic mass is 32.1. The molecule has 8 heteroatoms. The minimum absolute atomic E-state index is 0.0714. The Hall–Kier alpha value is -2.82. The molecule has 0 fully saturated rings. The predicted octanol–water partition coefficient (Wildman–Crippen LogP) is 14.0. The van der Waals surface area contributed by atoms with Gasteiger partial charge in [-0.15, -0.1) is 68.0 Å². The van der Waals surface area contributed by atoms with Crippen LogP contribution in [0.25, 0.3) is 48.8 Å². The lowest BCUT2D eigenvalue weighted by molar-refractivity contribution is 0.603. The molecule has 6 aromatic rings. The van der Waals surface area contributed by atoms with Crippen molar-refractivity contribution in [2.24, 2.45) is 0 Å². The number of thiophene rings is 6. The maximum atomic E-state index is 10.2. The van der Waals surface area contributed by atoms with Crippen LogP contribution in [-0.4, -0.2) is 0 Å². The molecule has 0 amide bonds. The van der Waals surface area contributed by atoms with Crippen LogP contribution in [0.3, 0.4) is 0 Å². The molecule has 46 heavy (non-hydrogen) atoms. The fourth-order valence-corrected chi connectivity index (χ4v) is 13.2. The van der Waals surface area contributed by atoms with Crippen molar-refractivity contribution >= 4 is 68.0 Å². The summed E-state index contributed by atoms with van der Waals surface area (Å²) in [5.41, 5.74) is 6.59. The van der Waals surface area contributed by atoms with Crippen LogP contribution in [0.4, 0.5) is 0 Å². The van der Waals surface area contributed by atoms with Crippen molar-refractivity contribution in [3.63, 3.8) is 0 Å². The maximum absolute atomic E-state index is 10.2. The van der Waals surface area contributed by atoms with E-state index in [1.807, 2.05) is 46.1 Å². The van der Waals surface area contributed by atoms with E-state index in [0.717, 1.165) is 19.5 Å². The average Bonchev–Trinajstić information content (AvgIpc) is 3.80. The summed E-state index contributed by atoms with van der Waals surface area (Å²) in [6.07, 6.45) is 0. The molecule has 2 nitrogen and oxygen atoms in total. The van der Waals surface area contributed by atoms with Crippen molar-refractivity contribution < 1.29 is 0 Å². The van der Waals surface area contributed by atoms with E-state index in [4.69, 9.17) is 0 Å². The molecule has 0 unspecified atom stereocenters. The number of hydrogen-bond acceptors (Lipinski definition) is 8. The van der Waals surface area contributed by atoms with Crippen molar-refractivity contribution in [3.05, 3.63) is 79.5 Å². The van der Waals surface area contributed by atoms with Gasteiger partial charge in [-0.05, 0) is 97.2 Å². The summed E-state index contributed by atoms with van der Waals surface area (Å²) in [5.74, 6) is 0. The summed E-state index contributed by atoms with van der Waals surface area (Å²) in [6, 6.07) is 18.1. The highest BCUT2D eigenvalue weighted by molar-refractivity contribution is 7.31. The third-order valence-electron chi connectivity index (χ3n) is 7.96. The summed E-state index contributed by atoms with van der Waals surface area (Å²) in [7, 11) is 0. The van der Waals surface area contributed by atoms with Crippen LogP contribution in [0, 0.1) is 50.4 Å². The first-order valence-electron chi connectivity index (χ1n) is 15.1. The molecule has 0 saturated heterocycles. The summed E-state index contributed by atoms with van der Waals surface area (Å²) in [6.45, 7) is 22.3. The van der Waals surface area contributed by atoms with Crippen LogP contribution in [-0.2, 0) is 10.8 Å². The van der Waals surface area contributed by atoms with Crippen LogP contribution < -0.4 is 0 Å². The summed E-state index contributed by atoms with van der Waals surface area (Å²) in [5, 5.41) is 20.4. The fourth-order valence-electron chi connectivity index (χ4n) is 5.36. The molecule has 0 saturated carbocycles. The van der Waals surface area contributed by atoms with Crippen LogP contribution in [0.1, 0.15) is 84.7 Å². The second-order valence-electron chi connectivity index (χ2n) is 13.9. The van der Waals surface area contributed by atoms with E-state index in [0.29, 0.717) is 11.1 Å². The zero-order chi connectivity index (χ0) is 33.3. The second kappa shape index (κ2) is 12.0. The number of nitrogens with zero attached hydrogens (tertiary/aromatic N) is 2. The van der Waals surface area contributed by atoms with E-state index in [1.54, 1.807) is 34.0 Å². The van der Waals surface area contributed by atoms with Gasteiger partial charge in [0, 0.05) is 48.8 Å². The molecule has 0 N–H and O–H groups in total. The van der Waals surface area contributed by atoms with Gasteiger partial charge in [0.2, 0.25) is 0 Å². The molecule has 0 aromatic carbocycles. The SMILES string of the molecule is Cc1cc(-c2cc(C)c(-c3sc(C(C)(C)C)cc3C)s2)sc1-c1cc(C#N)c(-c2sc(-c3sc(C(C)(C)C)cc3C)cc2C#N)s1. The normalized spacial score (nSPS) is 12.1. The number of hydrogen-bond donors (Lipinski definition) is 0. The zero-order valence-electron chi connectivity index (χ0n) is 27.8. The second-order valence-corrected chi connectivity index (χ2v) is 20.2. The zero-order valence-corrected chi connectivity index (χ0v) is 32.7. The Balaban J connectivity index is 1.37. The third-order valence-corrected chi connectivity index (χ3v) is 16.9. The van der Waals surface area contributed by atoms with Crippen molar-refractivity contribution in [1.82, 2.24) is 0 Å². The molecule has 234 valence electrons. The number of aryl methyl sites for hydroxylation is 4. The minimum atomic E-state index is 0.0714. The minimum Gasteiger partial charge on any atom is -0.192 e. The standard InChI is InChI=1S/C38H36N2S6/c1-19-11-25(26-12-20(2)33(42-26)34-22(4)14-30(46-34)38(8,9)10)41-31(19)27-15-23(17-39)35(43-27)36-24(18-40)16-28(44-36)32-21(3)13-29(45-32)37(5,6)7/h11-16H,1-10H3. The average molecular weight is 713 g/mol. The van der Waals surface area contributed by atoms with E-state index in [2.05, 4.69) is 106 Å². The lowest BCUT2D eigenvalue weighted by Crippen LogP contribution is -2.07. The summed E-state index contributed by atoms with van der Waals surface area (Å²) >= 11 is 10.7. The Labute approximate surface area is 296 Å². The summed E-state index contributed by atoms with van der Waals surface area (Å²) in [4.78, 5) is 14.4. The molecular formula is C38H36N2S6. The molecule has 0 aliphatic rings. The van der Waals surface area contributed by atoms with Crippen molar-refractivity contribution in [2.75, 3.05) is 0 Å². The van der Waals surface area contributed by atoms with Crippen LogP contribution in [0.2, 0.25) is 0 Å². The maximum Gasteiger partial charge on any atom is 0.101 e. The Morgan fingerprint density at radius 2 is 0.739 bits per heavy atom. The molecule has 0 atom stereocenters. The van der Waals surface area contributed by atoms with Gasteiger partial charge >= 0.3 is 0 Å². The quantitative estimate of drug-likeness (QED) is 0.179. The van der Waals surface area contributed by atoms with Crippen molar-refractivity contribution in [1.29, 1.82) is 10.5 Å². The molecule has 0 radical (unpaired) electrons. The van der Waals surface area contributed by atoms with E-state index < -0.39 is 0 Å². The smallest absolute Gasteiger partial charge is 0.101 e. The first-order chi connectivity index (χ1) is 21.6. The molecule has 0 aliphatic carbocycles. The predicted molar refractivity (Wildman–Crippen MR) is 207 cm³/mol. The molecular weight excluding hydrogens is 677 g/mol. The Bertz CT molecular complexity index is 2190. The largest absolute Gasteiger partial charge is 0.192 e. The Morgan fingerprint density at radius 3 is 1.17 bits per heavy atom. The Kier molecular flexibility index (Phi) is 8.64. The molecule has 0 aliphatic heterocycles. The molecule has 0 spiro atoms. The van der Waals surface area contributed by atoms with Gasteiger partial charge < -0.3 is 0 Å². The van der Waals surface area contributed by atoms with Crippen molar-refractivity contribution in [2.45, 2.75) is 80.1 Å². The molecule has 6 aromatic heterocycles. The molecule has 6 heterocycles. The molecule has 6 rings (SSSR count). The lowest BCUT2D eigenvalue weighted by Gasteiger charge is -2.15. The Morgan fingerprint density at radius 1 is 0.413 bits per heavy atom. The number of rotatable bonds is 5.